The minimum atomic E-state index is -0.000856. The number of nitrogens with zero attached hydrogens (tertiary/aromatic N) is 1. The number of benzene rings is 3. The van der Waals surface area contributed by atoms with E-state index in [4.69, 9.17) is 32.8 Å². The Morgan fingerprint density at radius 3 is 2.54 bits per heavy atom. The Balaban J connectivity index is 1.41. The topological polar surface area (TPSA) is 30.8 Å². The van der Waals surface area contributed by atoms with Gasteiger partial charge in [-0.2, -0.15) is 0 Å². The number of oxime groups is 1. The van der Waals surface area contributed by atoms with Gasteiger partial charge in [-0.05, 0) is 29.3 Å². The van der Waals surface area contributed by atoms with E-state index in [1.54, 1.807) is 6.07 Å². The molecule has 0 radical (unpaired) electrons. The van der Waals surface area contributed by atoms with E-state index in [-0.39, 0.29) is 6.10 Å². The number of ether oxygens (including phenoxy) is 1. The molecule has 0 aliphatic carbocycles. The van der Waals surface area contributed by atoms with Crippen LogP contribution in [0.5, 0.6) is 5.75 Å². The molecular formula is C23H19Cl2NO2. The van der Waals surface area contributed by atoms with Gasteiger partial charge in [0.2, 0.25) is 0 Å². The Kier molecular flexibility index (Phi) is 5.84. The van der Waals surface area contributed by atoms with Gasteiger partial charge in [0, 0.05) is 28.5 Å². The van der Waals surface area contributed by atoms with Crippen molar-refractivity contribution in [3.8, 4) is 5.75 Å². The maximum Gasteiger partial charge on any atom is 0.137 e. The van der Waals surface area contributed by atoms with E-state index in [0.29, 0.717) is 16.7 Å². The summed E-state index contributed by atoms with van der Waals surface area (Å²) in [6.45, 7) is 0.379. The lowest BCUT2D eigenvalue weighted by Gasteiger charge is -2.14. The molecule has 1 heterocycles. The first-order chi connectivity index (χ1) is 13.7. The van der Waals surface area contributed by atoms with Gasteiger partial charge < -0.3 is 9.57 Å². The van der Waals surface area contributed by atoms with Crippen molar-refractivity contribution in [1.82, 2.24) is 0 Å². The first-order valence-electron chi connectivity index (χ1n) is 9.12. The summed E-state index contributed by atoms with van der Waals surface area (Å²) in [6.07, 6.45) is 1.50. The van der Waals surface area contributed by atoms with Crippen LogP contribution < -0.4 is 4.74 Å². The third-order valence-corrected chi connectivity index (χ3v) is 5.25. The summed E-state index contributed by atoms with van der Waals surface area (Å²) in [5.74, 6) is 0.824. The Morgan fingerprint density at radius 2 is 1.71 bits per heavy atom. The number of rotatable bonds is 6. The molecule has 1 aliphatic heterocycles. The van der Waals surface area contributed by atoms with Crippen molar-refractivity contribution >= 4 is 28.9 Å². The lowest BCUT2D eigenvalue weighted by atomic mass is 10.00. The molecule has 0 saturated carbocycles. The van der Waals surface area contributed by atoms with Crippen LogP contribution in [0.25, 0.3) is 0 Å². The summed E-state index contributed by atoms with van der Waals surface area (Å²) in [6, 6.07) is 23.5. The zero-order chi connectivity index (χ0) is 19.3. The summed E-state index contributed by atoms with van der Waals surface area (Å²) in [5.41, 5.74) is 4.07. The van der Waals surface area contributed by atoms with Gasteiger partial charge in [-0.3, -0.25) is 0 Å². The van der Waals surface area contributed by atoms with E-state index in [9.17, 15) is 0 Å². The summed E-state index contributed by atoms with van der Waals surface area (Å²) < 4.78 is 6.05. The van der Waals surface area contributed by atoms with E-state index < -0.39 is 0 Å². The van der Waals surface area contributed by atoms with Crippen LogP contribution in [0.1, 0.15) is 23.1 Å². The van der Waals surface area contributed by atoms with E-state index in [1.807, 2.05) is 48.5 Å². The molecule has 0 saturated heterocycles. The second-order valence-electron chi connectivity index (χ2n) is 6.67. The summed E-state index contributed by atoms with van der Waals surface area (Å²) in [5, 5.41) is 5.49. The lowest BCUT2D eigenvalue weighted by Crippen LogP contribution is -2.13. The van der Waals surface area contributed by atoms with Crippen LogP contribution in [-0.4, -0.2) is 11.8 Å². The highest BCUT2D eigenvalue weighted by atomic mass is 35.5. The molecule has 0 fully saturated rings. The highest BCUT2D eigenvalue weighted by Crippen LogP contribution is 2.27. The Hall–Kier alpha value is -2.49. The maximum absolute atomic E-state index is 6.25. The summed E-state index contributed by atoms with van der Waals surface area (Å²) in [7, 11) is 0. The molecule has 142 valence electrons. The molecule has 1 aliphatic rings. The van der Waals surface area contributed by atoms with Crippen molar-refractivity contribution in [2.45, 2.75) is 25.6 Å². The summed E-state index contributed by atoms with van der Waals surface area (Å²) >= 11 is 12.2. The maximum atomic E-state index is 6.25. The van der Waals surface area contributed by atoms with Gasteiger partial charge in [0.25, 0.3) is 0 Å². The van der Waals surface area contributed by atoms with Gasteiger partial charge in [0.05, 0.1) is 5.71 Å². The normalized spacial score (nSPS) is 15.8. The molecular weight excluding hydrogens is 393 g/mol. The van der Waals surface area contributed by atoms with Crippen LogP contribution in [0.15, 0.2) is 78.0 Å². The van der Waals surface area contributed by atoms with Crippen LogP contribution >= 0.6 is 23.2 Å². The van der Waals surface area contributed by atoms with Crippen LogP contribution in [0.2, 0.25) is 10.0 Å². The van der Waals surface area contributed by atoms with Gasteiger partial charge in [-0.15, -0.1) is 0 Å². The monoisotopic (exact) mass is 411 g/mol. The average Bonchev–Trinajstić information content (AvgIpc) is 3.18. The number of hydrogen-bond donors (Lipinski definition) is 0. The Labute approximate surface area is 174 Å². The predicted molar refractivity (Wildman–Crippen MR) is 113 cm³/mol. The second kappa shape index (κ2) is 8.68. The SMILES string of the molecule is Clc1ccc(COc2ccccc2C[C@@H]2CC(c3ccccc3)=NO2)c(Cl)c1. The van der Waals surface area contributed by atoms with Gasteiger partial charge >= 0.3 is 0 Å². The zero-order valence-corrected chi connectivity index (χ0v) is 16.7. The highest BCUT2D eigenvalue weighted by Gasteiger charge is 2.23. The number of hydrogen-bond acceptors (Lipinski definition) is 3. The lowest BCUT2D eigenvalue weighted by molar-refractivity contribution is 0.0852. The minimum absolute atomic E-state index is 0.000856. The zero-order valence-electron chi connectivity index (χ0n) is 15.1. The first kappa shape index (κ1) is 18.9. The van der Waals surface area contributed by atoms with E-state index in [2.05, 4.69) is 23.4 Å². The van der Waals surface area contributed by atoms with Crippen LogP contribution in [0, 0.1) is 0 Å². The standard InChI is InChI=1S/C23H19Cl2NO2/c24-19-11-10-18(21(25)13-19)15-27-23-9-5-4-8-17(23)12-20-14-22(26-28-20)16-6-2-1-3-7-16/h1-11,13,20H,12,14-15H2/t20-/m1/s1. The van der Waals surface area contributed by atoms with E-state index >= 15 is 0 Å². The molecule has 3 aromatic carbocycles. The molecule has 0 amide bonds. The van der Waals surface area contributed by atoms with Crippen molar-refractivity contribution in [2.75, 3.05) is 0 Å². The average molecular weight is 412 g/mol. The third kappa shape index (κ3) is 4.49. The molecule has 0 spiro atoms. The fourth-order valence-electron chi connectivity index (χ4n) is 3.19. The Bertz CT molecular complexity index is 989. The van der Waals surface area contributed by atoms with Gasteiger partial charge in [0.1, 0.15) is 18.5 Å². The fourth-order valence-corrected chi connectivity index (χ4v) is 3.65. The molecule has 5 heteroatoms. The predicted octanol–water partition coefficient (Wildman–Crippen LogP) is 6.31. The molecule has 0 aromatic heterocycles. The Morgan fingerprint density at radius 1 is 0.929 bits per heavy atom. The van der Waals surface area contributed by atoms with E-state index in [0.717, 1.165) is 41.0 Å². The van der Waals surface area contributed by atoms with Gasteiger partial charge in [0.15, 0.2) is 0 Å². The van der Waals surface area contributed by atoms with Crippen molar-refractivity contribution in [1.29, 1.82) is 0 Å². The second-order valence-corrected chi connectivity index (χ2v) is 7.52. The largest absolute Gasteiger partial charge is 0.489 e. The minimum Gasteiger partial charge on any atom is -0.489 e. The van der Waals surface area contributed by atoms with Gasteiger partial charge in [-0.1, -0.05) is 83.0 Å². The third-order valence-electron chi connectivity index (χ3n) is 4.66. The number of halogens is 2. The van der Waals surface area contributed by atoms with Crippen LogP contribution in [-0.2, 0) is 17.9 Å². The quantitative estimate of drug-likeness (QED) is 0.475. The fraction of sp³-hybridized carbons (Fsp3) is 0.174. The molecule has 0 bridgehead atoms. The molecule has 28 heavy (non-hydrogen) atoms. The van der Waals surface area contributed by atoms with Crippen molar-refractivity contribution in [3.05, 3.63) is 99.5 Å². The molecule has 0 N–H and O–H groups in total. The smallest absolute Gasteiger partial charge is 0.137 e. The highest BCUT2D eigenvalue weighted by molar-refractivity contribution is 6.35. The number of para-hydroxylation sites is 1. The molecule has 3 aromatic rings. The summed E-state index contributed by atoms with van der Waals surface area (Å²) in [4.78, 5) is 5.67. The van der Waals surface area contributed by atoms with Crippen LogP contribution in [0.3, 0.4) is 0 Å². The van der Waals surface area contributed by atoms with Crippen molar-refractivity contribution in [3.63, 3.8) is 0 Å². The molecule has 3 nitrogen and oxygen atoms in total. The molecule has 0 unspecified atom stereocenters. The van der Waals surface area contributed by atoms with E-state index in [1.165, 1.54) is 0 Å². The van der Waals surface area contributed by atoms with Crippen molar-refractivity contribution < 1.29 is 9.57 Å². The van der Waals surface area contributed by atoms with Crippen molar-refractivity contribution in [2.24, 2.45) is 5.16 Å². The van der Waals surface area contributed by atoms with Crippen LogP contribution in [0.4, 0.5) is 0 Å². The molecule has 4 rings (SSSR count). The first-order valence-corrected chi connectivity index (χ1v) is 9.87. The van der Waals surface area contributed by atoms with Gasteiger partial charge in [-0.25, -0.2) is 0 Å². The molecule has 1 atom stereocenters.